The molecule has 1 amide bonds. The molecule has 0 saturated heterocycles. The number of nitrogens with one attached hydrogen (secondary N) is 1. The Bertz CT molecular complexity index is 553. The van der Waals surface area contributed by atoms with Crippen molar-refractivity contribution in [3.8, 4) is 0 Å². The lowest BCUT2D eigenvalue weighted by molar-refractivity contribution is -0.118. The average molecular weight is 260 g/mol. The van der Waals surface area contributed by atoms with Crippen molar-refractivity contribution in [2.75, 3.05) is 11.1 Å². The molecule has 1 atom stereocenters. The molecule has 1 heterocycles. The molecule has 0 fully saturated rings. The van der Waals surface area contributed by atoms with Crippen LogP contribution in [0.15, 0.2) is 23.1 Å². The van der Waals surface area contributed by atoms with Crippen molar-refractivity contribution in [2.45, 2.75) is 11.8 Å². The number of carbonyl (C=O) groups is 1. The topological polar surface area (TPSA) is 63.2 Å². The van der Waals surface area contributed by atoms with Gasteiger partial charge in [0.2, 0.25) is 5.91 Å². The third kappa shape index (κ3) is 1.81. The van der Waals surface area contributed by atoms with E-state index in [-0.39, 0.29) is 27.3 Å². The van der Waals surface area contributed by atoms with Gasteiger partial charge in [-0.2, -0.15) is 0 Å². The zero-order valence-electron chi connectivity index (χ0n) is 8.53. The van der Waals surface area contributed by atoms with Crippen LogP contribution in [0.25, 0.3) is 0 Å². The summed E-state index contributed by atoms with van der Waals surface area (Å²) >= 11 is 5.86. The van der Waals surface area contributed by atoms with Crippen LogP contribution in [-0.2, 0) is 14.6 Å². The van der Waals surface area contributed by atoms with E-state index in [9.17, 15) is 13.2 Å². The predicted octanol–water partition coefficient (Wildman–Crippen LogP) is 1.70. The molecule has 1 unspecified atom stereocenters. The minimum atomic E-state index is -3.51. The van der Waals surface area contributed by atoms with Crippen molar-refractivity contribution in [1.82, 2.24) is 0 Å². The van der Waals surface area contributed by atoms with Crippen LogP contribution in [0, 0.1) is 5.92 Å². The highest BCUT2D eigenvalue weighted by Crippen LogP contribution is 2.33. The fourth-order valence-electron chi connectivity index (χ4n) is 1.67. The number of carbonyl (C=O) groups excluding carboxylic acids is 1. The molecule has 16 heavy (non-hydrogen) atoms. The Morgan fingerprint density at radius 1 is 1.44 bits per heavy atom. The van der Waals surface area contributed by atoms with Gasteiger partial charge in [0.1, 0.15) is 4.90 Å². The molecule has 86 valence electrons. The zero-order valence-corrected chi connectivity index (χ0v) is 10.1. The fourth-order valence-corrected chi connectivity index (χ4v) is 3.99. The smallest absolute Gasteiger partial charge is 0.228 e. The Labute approximate surface area is 98.5 Å². The normalized spacial score (nSPS) is 23.1. The Hall–Kier alpha value is -1.07. The number of sulfone groups is 1. The number of hydrogen-bond acceptors (Lipinski definition) is 3. The van der Waals surface area contributed by atoms with Crippen LogP contribution in [-0.4, -0.2) is 20.1 Å². The van der Waals surface area contributed by atoms with Crippen molar-refractivity contribution >= 4 is 33.0 Å². The summed E-state index contributed by atoms with van der Waals surface area (Å²) in [7, 11) is -3.51. The van der Waals surface area contributed by atoms with Crippen LogP contribution in [0.5, 0.6) is 0 Å². The minimum Gasteiger partial charge on any atom is -0.325 e. The number of fused-ring (bicyclic) bond motifs is 1. The van der Waals surface area contributed by atoms with Crippen molar-refractivity contribution in [2.24, 2.45) is 5.92 Å². The predicted molar refractivity (Wildman–Crippen MR) is 61.3 cm³/mol. The van der Waals surface area contributed by atoms with Crippen LogP contribution in [0.4, 0.5) is 5.69 Å². The SMILES string of the molecule is CC1CS(=O)(=O)c2c(Cl)cccc2NC1=O. The first-order valence-electron chi connectivity index (χ1n) is 4.74. The Balaban J connectivity index is 2.71. The molecular weight excluding hydrogens is 250 g/mol. The van der Waals surface area contributed by atoms with Crippen molar-refractivity contribution in [3.05, 3.63) is 23.2 Å². The van der Waals surface area contributed by atoms with Crippen molar-refractivity contribution in [3.63, 3.8) is 0 Å². The summed E-state index contributed by atoms with van der Waals surface area (Å²) in [5, 5.41) is 2.71. The highest BCUT2D eigenvalue weighted by atomic mass is 35.5. The molecule has 1 aromatic rings. The maximum absolute atomic E-state index is 12.0. The maximum Gasteiger partial charge on any atom is 0.228 e. The van der Waals surface area contributed by atoms with Crippen LogP contribution in [0.2, 0.25) is 5.02 Å². The number of halogens is 1. The highest BCUT2D eigenvalue weighted by molar-refractivity contribution is 7.91. The Morgan fingerprint density at radius 2 is 2.12 bits per heavy atom. The number of amides is 1. The molecular formula is C10H10ClNO3S. The number of benzene rings is 1. The summed E-state index contributed by atoms with van der Waals surface area (Å²) in [5.74, 6) is -1.09. The minimum absolute atomic E-state index is 0.0226. The van der Waals surface area contributed by atoms with E-state index in [1.807, 2.05) is 0 Å². The molecule has 0 radical (unpaired) electrons. The van der Waals surface area contributed by atoms with Gasteiger partial charge in [0, 0.05) is 5.92 Å². The second kappa shape index (κ2) is 3.75. The van der Waals surface area contributed by atoms with Gasteiger partial charge in [-0.3, -0.25) is 4.79 Å². The molecule has 4 nitrogen and oxygen atoms in total. The number of hydrogen-bond donors (Lipinski definition) is 1. The van der Waals surface area contributed by atoms with E-state index in [2.05, 4.69) is 5.32 Å². The largest absolute Gasteiger partial charge is 0.325 e. The zero-order chi connectivity index (χ0) is 11.9. The van der Waals surface area contributed by atoms with Gasteiger partial charge in [0.15, 0.2) is 9.84 Å². The second-order valence-corrected chi connectivity index (χ2v) is 6.17. The third-order valence-electron chi connectivity index (χ3n) is 2.45. The molecule has 0 spiro atoms. The van der Waals surface area contributed by atoms with Gasteiger partial charge in [-0.05, 0) is 12.1 Å². The lowest BCUT2D eigenvalue weighted by atomic mass is 10.2. The molecule has 1 N–H and O–H groups in total. The van der Waals surface area contributed by atoms with Crippen molar-refractivity contribution in [1.29, 1.82) is 0 Å². The van der Waals surface area contributed by atoms with E-state index in [0.29, 0.717) is 0 Å². The summed E-state index contributed by atoms with van der Waals surface area (Å²) in [5.41, 5.74) is 0.266. The van der Waals surface area contributed by atoms with E-state index < -0.39 is 15.8 Å². The Kier molecular flexibility index (Phi) is 2.67. The Morgan fingerprint density at radius 3 is 2.81 bits per heavy atom. The van der Waals surface area contributed by atoms with E-state index in [4.69, 9.17) is 11.6 Å². The van der Waals surface area contributed by atoms with E-state index >= 15 is 0 Å². The van der Waals surface area contributed by atoms with Gasteiger partial charge in [-0.15, -0.1) is 0 Å². The van der Waals surface area contributed by atoms with Gasteiger partial charge in [-0.25, -0.2) is 8.42 Å². The molecule has 0 aromatic heterocycles. The first-order valence-corrected chi connectivity index (χ1v) is 6.77. The van der Waals surface area contributed by atoms with Crippen LogP contribution in [0.3, 0.4) is 0 Å². The molecule has 2 rings (SSSR count). The maximum atomic E-state index is 12.0. The highest BCUT2D eigenvalue weighted by Gasteiger charge is 2.31. The average Bonchev–Trinajstić information content (AvgIpc) is 2.23. The van der Waals surface area contributed by atoms with Gasteiger partial charge in [-0.1, -0.05) is 24.6 Å². The first kappa shape index (κ1) is 11.4. The van der Waals surface area contributed by atoms with Gasteiger partial charge < -0.3 is 5.32 Å². The quantitative estimate of drug-likeness (QED) is 0.771. The van der Waals surface area contributed by atoms with Crippen LogP contribution in [0.1, 0.15) is 6.92 Å². The molecule has 0 bridgehead atoms. The van der Waals surface area contributed by atoms with Crippen LogP contribution < -0.4 is 5.32 Å². The molecule has 1 aliphatic rings. The number of rotatable bonds is 0. The molecule has 6 heteroatoms. The monoisotopic (exact) mass is 259 g/mol. The molecule has 1 aliphatic heterocycles. The summed E-state index contributed by atoms with van der Waals surface area (Å²) in [6, 6.07) is 4.64. The summed E-state index contributed by atoms with van der Waals surface area (Å²) in [4.78, 5) is 11.6. The van der Waals surface area contributed by atoms with Gasteiger partial charge >= 0.3 is 0 Å². The van der Waals surface area contributed by atoms with E-state index in [1.54, 1.807) is 13.0 Å². The summed E-state index contributed by atoms with van der Waals surface area (Å²) in [6.45, 7) is 1.58. The molecule has 0 saturated carbocycles. The number of anilines is 1. The standard InChI is InChI=1S/C10H10ClNO3S/c1-6-5-16(14,15)9-7(11)3-2-4-8(9)12-10(6)13/h2-4,6H,5H2,1H3,(H,12,13). The fraction of sp³-hybridized carbons (Fsp3) is 0.300. The summed E-state index contributed by atoms with van der Waals surface area (Å²) < 4.78 is 24.0. The third-order valence-corrected chi connectivity index (χ3v) is 4.88. The first-order chi connectivity index (χ1) is 7.42. The van der Waals surface area contributed by atoms with Crippen molar-refractivity contribution < 1.29 is 13.2 Å². The van der Waals surface area contributed by atoms with E-state index in [1.165, 1.54) is 12.1 Å². The van der Waals surface area contributed by atoms with Gasteiger partial charge in [0.05, 0.1) is 16.5 Å². The lowest BCUT2D eigenvalue weighted by Crippen LogP contribution is -2.22. The van der Waals surface area contributed by atoms with Gasteiger partial charge in [0.25, 0.3) is 0 Å². The second-order valence-electron chi connectivity index (χ2n) is 3.79. The summed E-state index contributed by atoms with van der Waals surface area (Å²) in [6.07, 6.45) is 0. The molecule has 0 aliphatic carbocycles. The van der Waals surface area contributed by atoms with E-state index in [0.717, 1.165) is 0 Å². The lowest BCUT2D eigenvalue weighted by Gasteiger charge is -2.07. The van der Waals surface area contributed by atoms with Crippen LogP contribution >= 0.6 is 11.6 Å². The molecule has 1 aromatic carbocycles.